The number of halogens is 3. The predicted molar refractivity (Wildman–Crippen MR) is 133 cm³/mol. The van der Waals surface area contributed by atoms with E-state index in [1.807, 2.05) is 19.1 Å². The second kappa shape index (κ2) is 12.3. The number of hydrogen-bond donors (Lipinski definition) is 3. The number of carbonyl (C=O) groups excluding carboxylic acids is 1. The largest absolute Gasteiger partial charge is 0.381 e. The quantitative estimate of drug-likeness (QED) is 0.193. The van der Waals surface area contributed by atoms with Crippen LogP contribution in [0.3, 0.4) is 0 Å². The molecule has 30 heavy (non-hydrogen) atoms. The summed E-state index contributed by atoms with van der Waals surface area (Å²) in [5, 5.41) is 10.9. The topological polar surface area (TPSA) is 74.8 Å². The second-order valence-corrected chi connectivity index (χ2v) is 8.55. The van der Waals surface area contributed by atoms with E-state index in [0.717, 1.165) is 43.8 Å². The van der Waals surface area contributed by atoms with Crippen molar-refractivity contribution >= 4 is 59.0 Å². The van der Waals surface area contributed by atoms with E-state index in [0.29, 0.717) is 42.9 Å². The van der Waals surface area contributed by atoms with Crippen LogP contribution in [0.15, 0.2) is 23.2 Å². The van der Waals surface area contributed by atoms with E-state index in [2.05, 4.69) is 16.0 Å². The first kappa shape index (κ1) is 25.5. The highest BCUT2D eigenvalue weighted by Crippen LogP contribution is 2.40. The average Bonchev–Trinajstić information content (AvgIpc) is 3.55. The molecule has 1 aliphatic heterocycles. The fourth-order valence-corrected chi connectivity index (χ4v) is 4.23. The van der Waals surface area contributed by atoms with E-state index in [1.54, 1.807) is 6.07 Å². The number of nitrogens with one attached hydrogen (secondary N) is 3. The monoisotopic (exact) mass is 568 g/mol. The molecule has 6 nitrogen and oxygen atoms in total. The molecule has 1 amide bonds. The molecule has 9 heteroatoms. The van der Waals surface area contributed by atoms with Crippen molar-refractivity contribution in [1.29, 1.82) is 0 Å². The molecule has 0 radical (unpaired) electrons. The van der Waals surface area contributed by atoms with Gasteiger partial charge in [-0.1, -0.05) is 29.3 Å². The molecule has 0 atom stereocenters. The molecule has 0 aromatic heterocycles. The van der Waals surface area contributed by atoms with E-state index in [-0.39, 0.29) is 41.2 Å². The summed E-state index contributed by atoms with van der Waals surface area (Å²) in [5.41, 5.74) is 0.894. The van der Waals surface area contributed by atoms with Crippen LogP contribution in [0.2, 0.25) is 10.0 Å². The lowest BCUT2D eigenvalue weighted by molar-refractivity contribution is -0.122. The zero-order chi connectivity index (χ0) is 20.7. The molecule has 168 valence electrons. The van der Waals surface area contributed by atoms with Gasteiger partial charge < -0.3 is 20.7 Å². The van der Waals surface area contributed by atoms with Gasteiger partial charge in [0.25, 0.3) is 0 Å². The Balaban J connectivity index is 0.00000320. The van der Waals surface area contributed by atoms with Crippen LogP contribution in [0.1, 0.15) is 38.2 Å². The maximum absolute atomic E-state index is 11.7. The van der Waals surface area contributed by atoms with Gasteiger partial charge in [-0.15, -0.1) is 24.0 Å². The van der Waals surface area contributed by atoms with Crippen LogP contribution in [0, 0.1) is 5.92 Å². The first-order chi connectivity index (χ1) is 14.0. The van der Waals surface area contributed by atoms with Crippen LogP contribution in [0.4, 0.5) is 0 Å². The van der Waals surface area contributed by atoms with Gasteiger partial charge in [0, 0.05) is 54.2 Å². The van der Waals surface area contributed by atoms with Gasteiger partial charge in [-0.2, -0.15) is 0 Å². The molecule has 0 unspecified atom stereocenters. The molecular formula is C21H31Cl2IN4O2. The minimum absolute atomic E-state index is 0. The Hall–Kier alpha value is -0.770. The number of benzene rings is 1. The smallest absolute Gasteiger partial charge is 0.223 e. The first-order valence-electron chi connectivity index (χ1n) is 10.4. The number of hydrogen-bond acceptors (Lipinski definition) is 3. The van der Waals surface area contributed by atoms with Gasteiger partial charge in [0.2, 0.25) is 5.91 Å². The summed E-state index contributed by atoms with van der Waals surface area (Å²) in [5.74, 6) is 1.13. The Bertz CT molecular complexity index is 738. The molecule has 1 heterocycles. The van der Waals surface area contributed by atoms with Gasteiger partial charge in [-0.25, -0.2) is 0 Å². The van der Waals surface area contributed by atoms with Crippen molar-refractivity contribution in [3.63, 3.8) is 0 Å². The normalized spacial score (nSPS) is 18.3. The Morgan fingerprint density at radius 3 is 2.50 bits per heavy atom. The number of aliphatic imine (C=N–C) groups is 1. The third kappa shape index (κ3) is 7.14. The molecular weight excluding hydrogens is 538 g/mol. The number of nitrogens with zero attached hydrogens (tertiary/aromatic N) is 1. The molecule has 3 rings (SSSR count). The predicted octanol–water partition coefficient (Wildman–Crippen LogP) is 3.74. The van der Waals surface area contributed by atoms with Gasteiger partial charge in [0.15, 0.2) is 5.96 Å². The van der Waals surface area contributed by atoms with Gasteiger partial charge in [-0.05, 0) is 50.3 Å². The average molecular weight is 569 g/mol. The lowest BCUT2D eigenvalue weighted by Crippen LogP contribution is -2.43. The first-order valence-corrected chi connectivity index (χ1v) is 11.1. The van der Waals surface area contributed by atoms with E-state index in [4.69, 9.17) is 32.9 Å². The third-order valence-corrected chi connectivity index (χ3v) is 6.05. The van der Waals surface area contributed by atoms with E-state index >= 15 is 0 Å². The fourth-order valence-electron chi connectivity index (χ4n) is 3.62. The van der Waals surface area contributed by atoms with Crippen LogP contribution in [0.5, 0.6) is 0 Å². The van der Waals surface area contributed by atoms with Crippen molar-refractivity contribution in [2.24, 2.45) is 10.9 Å². The molecule has 0 spiro atoms. The third-order valence-electron chi connectivity index (χ3n) is 5.50. The number of amides is 1. The van der Waals surface area contributed by atoms with Crippen LogP contribution < -0.4 is 16.0 Å². The Morgan fingerprint density at radius 1 is 1.17 bits per heavy atom. The molecule has 1 aromatic carbocycles. The molecule has 2 aliphatic rings. The summed E-state index contributed by atoms with van der Waals surface area (Å²) in [6.45, 7) is 5.98. The Morgan fingerprint density at radius 2 is 1.87 bits per heavy atom. The molecule has 3 N–H and O–H groups in total. The van der Waals surface area contributed by atoms with Gasteiger partial charge >= 0.3 is 0 Å². The van der Waals surface area contributed by atoms with Crippen molar-refractivity contribution in [1.82, 2.24) is 16.0 Å². The summed E-state index contributed by atoms with van der Waals surface area (Å²) < 4.78 is 5.60. The number of guanidine groups is 1. The van der Waals surface area contributed by atoms with Gasteiger partial charge in [0.1, 0.15) is 0 Å². The highest BCUT2D eigenvalue weighted by molar-refractivity contribution is 14.0. The fraction of sp³-hybridized carbons (Fsp3) is 0.619. The van der Waals surface area contributed by atoms with Crippen molar-refractivity contribution < 1.29 is 9.53 Å². The zero-order valence-electron chi connectivity index (χ0n) is 17.3. The van der Waals surface area contributed by atoms with Crippen LogP contribution in [-0.2, 0) is 14.9 Å². The Labute approximate surface area is 205 Å². The van der Waals surface area contributed by atoms with E-state index < -0.39 is 0 Å². The van der Waals surface area contributed by atoms with Gasteiger partial charge in [-0.3, -0.25) is 9.79 Å². The molecule has 1 aromatic rings. The summed E-state index contributed by atoms with van der Waals surface area (Å²) in [4.78, 5) is 16.6. The summed E-state index contributed by atoms with van der Waals surface area (Å²) in [7, 11) is 0. The van der Waals surface area contributed by atoms with E-state index in [9.17, 15) is 4.79 Å². The SMILES string of the molecule is CCNC(=NCC1(c2ccc(Cl)cc2Cl)CCOCC1)NCCNC(=O)C1CC1.I. The molecule has 0 bridgehead atoms. The van der Waals surface area contributed by atoms with Gasteiger partial charge in [0.05, 0.1) is 6.54 Å². The zero-order valence-corrected chi connectivity index (χ0v) is 21.2. The lowest BCUT2D eigenvalue weighted by Gasteiger charge is -2.37. The maximum atomic E-state index is 11.7. The van der Waals surface area contributed by atoms with E-state index in [1.165, 1.54) is 0 Å². The lowest BCUT2D eigenvalue weighted by atomic mass is 9.74. The van der Waals surface area contributed by atoms with Crippen LogP contribution in [0.25, 0.3) is 0 Å². The summed E-state index contributed by atoms with van der Waals surface area (Å²) >= 11 is 12.6. The summed E-state index contributed by atoms with van der Waals surface area (Å²) in [6, 6.07) is 5.69. The summed E-state index contributed by atoms with van der Waals surface area (Å²) in [6.07, 6.45) is 3.74. The standard InChI is InChI=1S/C21H30Cl2N4O2.HI/c1-2-24-20(26-10-9-25-19(28)15-3-4-15)27-14-21(7-11-29-12-8-21)17-6-5-16(22)13-18(17)23;/h5-6,13,15H,2-4,7-12,14H2,1H3,(H,25,28)(H2,24,26,27);1H. The highest BCUT2D eigenvalue weighted by Gasteiger charge is 2.36. The number of ether oxygens (including phenoxy) is 1. The highest BCUT2D eigenvalue weighted by atomic mass is 127. The van der Waals surface area contributed by atoms with Crippen molar-refractivity contribution in [3.05, 3.63) is 33.8 Å². The number of rotatable bonds is 8. The number of carbonyl (C=O) groups is 1. The minimum atomic E-state index is -0.178. The van der Waals surface area contributed by atoms with Crippen molar-refractivity contribution in [2.75, 3.05) is 39.4 Å². The molecule has 1 saturated carbocycles. The Kier molecular flexibility index (Phi) is 10.5. The molecule has 2 fully saturated rings. The van der Waals surface area contributed by atoms with Crippen molar-refractivity contribution in [3.8, 4) is 0 Å². The van der Waals surface area contributed by atoms with Crippen LogP contribution >= 0.6 is 47.2 Å². The second-order valence-electron chi connectivity index (χ2n) is 7.70. The molecule has 1 saturated heterocycles. The van der Waals surface area contributed by atoms with Crippen molar-refractivity contribution in [2.45, 2.75) is 38.0 Å². The molecule has 1 aliphatic carbocycles. The minimum Gasteiger partial charge on any atom is -0.381 e. The maximum Gasteiger partial charge on any atom is 0.223 e. The van der Waals surface area contributed by atoms with Crippen LogP contribution in [-0.4, -0.2) is 51.3 Å².